The van der Waals surface area contributed by atoms with Crippen molar-refractivity contribution in [2.45, 2.75) is 27.7 Å². The second-order valence-corrected chi connectivity index (χ2v) is 2.99. The summed E-state index contributed by atoms with van der Waals surface area (Å²) in [6.07, 6.45) is 0. The quantitative estimate of drug-likeness (QED) is 0.563. The summed E-state index contributed by atoms with van der Waals surface area (Å²) in [6.45, 7) is 8.05. The monoisotopic (exact) mass is 143 g/mol. The Morgan fingerprint density at radius 2 is 1.90 bits per heavy atom. The van der Waals surface area contributed by atoms with E-state index in [9.17, 15) is 4.79 Å². The van der Waals surface area contributed by atoms with Crippen molar-refractivity contribution >= 4 is 5.97 Å². The van der Waals surface area contributed by atoms with Crippen LogP contribution in [0.5, 0.6) is 0 Å². The first-order valence-corrected chi connectivity index (χ1v) is 3.51. The zero-order valence-corrected chi connectivity index (χ0v) is 7.10. The molecule has 0 saturated carbocycles. The normalized spacial score (nSPS) is 10.6. The van der Waals surface area contributed by atoms with Crippen LogP contribution in [0.2, 0.25) is 0 Å². The molecule has 0 aromatic heterocycles. The van der Waals surface area contributed by atoms with Gasteiger partial charge in [-0.2, -0.15) is 0 Å². The smallest absolute Gasteiger partial charge is 0.312 e. The van der Waals surface area contributed by atoms with E-state index in [1.807, 2.05) is 13.8 Å². The molecule has 0 aliphatic heterocycles. The van der Waals surface area contributed by atoms with Crippen LogP contribution in [-0.4, -0.2) is 12.6 Å². The lowest BCUT2D eigenvalue weighted by Gasteiger charge is -2.07. The van der Waals surface area contributed by atoms with Crippen LogP contribution in [0.15, 0.2) is 0 Å². The molecule has 1 radical (unpaired) electrons. The minimum Gasteiger partial charge on any atom is -0.465 e. The van der Waals surface area contributed by atoms with Crippen LogP contribution in [0, 0.1) is 11.8 Å². The summed E-state index contributed by atoms with van der Waals surface area (Å²) in [5, 5.41) is 0. The summed E-state index contributed by atoms with van der Waals surface area (Å²) in [7, 11) is 0. The Morgan fingerprint density at radius 1 is 1.40 bits per heavy atom. The van der Waals surface area contributed by atoms with E-state index in [-0.39, 0.29) is 5.97 Å². The second-order valence-electron chi connectivity index (χ2n) is 2.99. The first-order valence-electron chi connectivity index (χ1n) is 3.51. The van der Waals surface area contributed by atoms with Gasteiger partial charge in [-0.15, -0.1) is 0 Å². The van der Waals surface area contributed by atoms with Crippen molar-refractivity contribution in [1.82, 2.24) is 0 Å². The summed E-state index contributed by atoms with van der Waals surface area (Å²) in [4.78, 5) is 10.8. The van der Waals surface area contributed by atoms with Gasteiger partial charge in [-0.3, -0.25) is 4.79 Å². The molecule has 0 atom stereocenters. The van der Waals surface area contributed by atoms with Gasteiger partial charge in [0, 0.05) is 0 Å². The number of carbonyl (C=O) groups is 1. The Balaban J connectivity index is 3.40. The molecule has 0 aromatic carbocycles. The van der Waals surface area contributed by atoms with Gasteiger partial charge in [0.25, 0.3) is 0 Å². The van der Waals surface area contributed by atoms with Crippen LogP contribution in [0.3, 0.4) is 0 Å². The number of ether oxygens (including phenoxy) is 1. The molecule has 10 heavy (non-hydrogen) atoms. The van der Waals surface area contributed by atoms with Crippen molar-refractivity contribution in [3.63, 3.8) is 0 Å². The Labute approximate surface area is 62.6 Å². The van der Waals surface area contributed by atoms with Gasteiger partial charge in [-0.1, -0.05) is 13.8 Å². The predicted octanol–water partition coefficient (Wildman–Crippen LogP) is 1.80. The van der Waals surface area contributed by atoms with Crippen LogP contribution >= 0.6 is 0 Å². The lowest BCUT2D eigenvalue weighted by molar-refractivity contribution is -0.142. The number of hydrogen-bond acceptors (Lipinski definition) is 2. The fraction of sp³-hybridized carbons (Fsp3) is 0.750. The molecular formula is C8H15O2. The molecule has 0 unspecified atom stereocenters. The Morgan fingerprint density at radius 3 is 2.20 bits per heavy atom. The van der Waals surface area contributed by atoms with Crippen molar-refractivity contribution in [2.75, 3.05) is 6.61 Å². The van der Waals surface area contributed by atoms with E-state index in [1.54, 1.807) is 13.8 Å². The van der Waals surface area contributed by atoms with E-state index in [0.717, 1.165) is 0 Å². The summed E-state index contributed by atoms with van der Waals surface area (Å²) in [6, 6.07) is 0. The van der Waals surface area contributed by atoms with E-state index in [1.165, 1.54) is 0 Å². The first-order chi connectivity index (χ1) is 4.54. The highest BCUT2D eigenvalue weighted by Gasteiger charge is 2.08. The van der Waals surface area contributed by atoms with Crippen LogP contribution in [0.25, 0.3) is 0 Å². The van der Waals surface area contributed by atoms with Crippen LogP contribution < -0.4 is 0 Å². The van der Waals surface area contributed by atoms with E-state index in [2.05, 4.69) is 0 Å². The Bertz CT molecular complexity index is 106. The van der Waals surface area contributed by atoms with Crippen molar-refractivity contribution in [3.05, 3.63) is 5.92 Å². The molecule has 0 aromatic rings. The summed E-state index contributed by atoms with van der Waals surface area (Å²) in [5.74, 6) is 0.942. The third-order valence-corrected chi connectivity index (χ3v) is 0.956. The van der Waals surface area contributed by atoms with E-state index >= 15 is 0 Å². The minimum absolute atomic E-state index is 0.186. The largest absolute Gasteiger partial charge is 0.465 e. The SMILES string of the molecule is C[C](C)C(=O)OCC(C)C. The molecular weight excluding hydrogens is 128 g/mol. The predicted molar refractivity (Wildman–Crippen MR) is 40.4 cm³/mol. The maximum absolute atomic E-state index is 10.8. The average molecular weight is 143 g/mol. The van der Waals surface area contributed by atoms with Gasteiger partial charge < -0.3 is 4.74 Å². The highest BCUT2D eigenvalue weighted by Crippen LogP contribution is 2.00. The molecule has 0 aliphatic carbocycles. The maximum Gasteiger partial charge on any atom is 0.312 e. The molecule has 0 bridgehead atoms. The second kappa shape index (κ2) is 4.31. The molecule has 0 rings (SSSR count). The van der Waals surface area contributed by atoms with Crippen molar-refractivity contribution in [2.24, 2.45) is 5.92 Å². The van der Waals surface area contributed by atoms with Gasteiger partial charge in [0.2, 0.25) is 0 Å². The van der Waals surface area contributed by atoms with Crippen molar-refractivity contribution in [3.8, 4) is 0 Å². The van der Waals surface area contributed by atoms with Crippen LogP contribution in [0.1, 0.15) is 27.7 Å². The fourth-order valence-corrected chi connectivity index (χ4v) is 0.387. The molecule has 0 heterocycles. The summed E-state index contributed by atoms with van der Waals surface area (Å²) in [5.41, 5.74) is 0. The fourth-order valence-electron chi connectivity index (χ4n) is 0.387. The van der Waals surface area contributed by atoms with Gasteiger partial charge in [0.1, 0.15) is 0 Å². The third-order valence-electron chi connectivity index (χ3n) is 0.956. The van der Waals surface area contributed by atoms with Gasteiger partial charge in [-0.05, 0) is 19.8 Å². The highest BCUT2D eigenvalue weighted by atomic mass is 16.5. The molecule has 0 aliphatic rings. The molecule has 0 amide bonds. The topological polar surface area (TPSA) is 26.3 Å². The first kappa shape index (κ1) is 9.47. The number of rotatable bonds is 3. The zero-order chi connectivity index (χ0) is 8.15. The number of carbonyl (C=O) groups excluding carboxylic acids is 1. The van der Waals surface area contributed by atoms with Gasteiger partial charge in [0.15, 0.2) is 0 Å². The van der Waals surface area contributed by atoms with E-state index in [4.69, 9.17) is 4.74 Å². The molecule has 2 nitrogen and oxygen atoms in total. The average Bonchev–Trinajstić information content (AvgIpc) is 1.82. The van der Waals surface area contributed by atoms with Crippen LogP contribution in [0.4, 0.5) is 0 Å². The molecule has 0 N–H and O–H groups in total. The molecule has 0 fully saturated rings. The lowest BCUT2D eigenvalue weighted by Crippen LogP contribution is -2.13. The van der Waals surface area contributed by atoms with Crippen LogP contribution in [-0.2, 0) is 9.53 Å². The van der Waals surface area contributed by atoms with Crippen molar-refractivity contribution < 1.29 is 9.53 Å². The van der Waals surface area contributed by atoms with Crippen molar-refractivity contribution in [1.29, 1.82) is 0 Å². The van der Waals surface area contributed by atoms with Gasteiger partial charge in [-0.25, -0.2) is 0 Å². The van der Waals surface area contributed by atoms with E-state index < -0.39 is 0 Å². The van der Waals surface area contributed by atoms with E-state index in [0.29, 0.717) is 18.4 Å². The summed E-state index contributed by atoms with van der Waals surface area (Å²) >= 11 is 0. The van der Waals surface area contributed by atoms with Gasteiger partial charge in [0.05, 0.1) is 12.5 Å². The third kappa shape index (κ3) is 4.36. The Hall–Kier alpha value is -0.530. The molecule has 0 saturated heterocycles. The zero-order valence-electron chi connectivity index (χ0n) is 7.10. The highest BCUT2D eigenvalue weighted by molar-refractivity contribution is 5.83. The summed E-state index contributed by atoms with van der Waals surface area (Å²) < 4.78 is 4.89. The maximum atomic E-state index is 10.8. The molecule has 59 valence electrons. The number of hydrogen-bond donors (Lipinski definition) is 0. The Kier molecular flexibility index (Phi) is 4.08. The van der Waals surface area contributed by atoms with Gasteiger partial charge >= 0.3 is 5.97 Å². The lowest BCUT2D eigenvalue weighted by atomic mass is 10.2. The minimum atomic E-state index is -0.186. The molecule has 0 spiro atoms. The molecule has 2 heteroatoms. The standard InChI is InChI=1S/C8H15O2/c1-6(2)5-10-8(9)7(3)4/h6H,5H2,1-4H3. The number of esters is 1.